The lowest BCUT2D eigenvalue weighted by Crippen LogP contribution is -2.37. The molecule has 0 aromatic rings. The summed E-state index contributed by atoms with van der Waals surface area (Å²) >= 11 is 0. The molecule has 0 aromatic carbocycles. The first kappa shape index (κ1) is 8.68. The number of carbonyl (C=O) groups excluding carboxylic acids is 1. The molecule has 2 rings (SSSR count). The molecule has 0 bridgehead atoms. The fourth-order valence-electron chi connectivity index (χ4n) is 1.37. The van der Waals surface area contributed by atoms with Crippen LogP contribution in [-0.2, 0) is 9.59 Å². The normalized spacial score (nSPS) is 19.9. The molecule has 0 saturated carbocycles. The number of hydrogen-bond donors (Lipinski definition) is 1. The third-order valence-electron chi connectivity index (χ3n) is 2.15. The highest BCUT2D eigenvalue weighted by atomic mass is 16.4. The van der Waals surface area contributed by atoms with E-state index in [1.807, 2.05) is 0 Å². The van der Waals surface area contributed by atoms with E-state index in [0.717, 1.165) is 0 Å². The standard InChI is InChI=1S/C9H8N2O3/c1-11-3-2-5-4-6(9(13)14)10-7(5)8(11)12/h2,4H,3H2,1H3,(H,13,14). The second-order valence-corrected chi connectivity index (χ2v) is 3.14. The Labute approximate surface area is 80.0 Å². The van der Waals surface area contributed by atoms with Gasteiger partial charge in [0.2, 0.25) is 0 Å². The van der Waals surface area contributed by atoms with Crippen LogP contribution in [0.3, 0.4) is 0 Å². The molecule has 0 spiro atoms. The summed E-state index contributed by atoms with van der Waals surface area (Å²) in [6, 6.07) is 0. The fraction of sp³-hybridized carbons (Fsp3) is 0.222. The van der Waals surface area contributed by atoms with Crippen LogP contribution in [0.2, 0.25) is 0 Å². The van der Waals surface area contributed by atoms with Crippen molar-refractivity contribution in [3.8, 4) is 0 Å². The van der Waals surface area contributed by atoms with Crippen molar-refractivity contribution in [3.63, 3.8) is 0 Å². The van der Waals surface area contributed by atoms with Crippen LogP contribution in [0, 0.1) is 0 Å². The van der Waals surface area contributed by atoms with E-state index in [2.05, 4.69) is 4.99 Å². The highest BCUT2D eigenvalue weighted by molar-refractivity contribution is 6.48. The molecule has 5 heteroatoms. The van der Waals surface area contributed by atoms with Gasteiger partial charge >= 0.3 is 5.97 Å². The summed E-state index contributed by atoms with van der Waals surface area (Å²) in [5.74, 6) is -1.33. The summed E-state index contributed by atoms with van der Waals surface area (Å²) < 4.78 is 0. The van der Waals surface area contributed by atoms with Crippen LogP contribution in [0.25, 0.3) is 0 Å². The average molecular weight is 192 g/mol. The zero-order chi connectivity index (χ0) is 10.3. The van der Waals surface area contributed by atoms with E-state index in [0.29, 0.717) is 12.1 Å². The lowest BCUT2D eigenvalue weighted by Gasteiger charge is -2.19. The van der Waals surface area contributed by atoms with Crippen molar-refractivity contribution in [1.29, 1.82) is 0 Å². The molecule has 0 aromatic heterocycles. The van der Waals surface area contributed by atoms with Crippen molar-refractivity contribution in [3.05, 3.63) is 23.4 Å². The molecule has 0 radical (unpaired) electrons. The SMILES string of the molecule is CN1CC=C2C=C(C(=O)O)N=C2C1=O. The quantitative estimate of drug-likeness (QED) is 0.625. The lowest BCUT2D eigenvalue weighted by molar-refractivity contribution is -0.132. The number of nitrogens with zero attached hydrogens (tertiary/aromatic N) is 2. The Hall–Kier alpha value is -1.91. The van der Waals surface area contributed by atoms with E-state index in [9.17, 15) is 9.59 Å². The minimum Gasteiger partial charge on any atom is -0.477 e. The Bertz CT molecular complexity index is 418. The largest absolute Gasteiger partial charge is 0.477 e. The van der Waals surface area contributed by atoms with Crippen LogP contribution in [-0.4, -0.2) is 41.2 Å². The number of carboxylic acid groups (broad SMARTS) is 1. The van der Waals surface area contributed by atoms with Gasteiger partial charge in [-0.05, 0) is 6.08 Å². The minimum atomic E-state index is -1.11. The van der Waals surface area contributed by atoms with Gasteiger partial charge in [0, 0.05) is 19.2 Å². The molecule has 2 aliphatic heterocycles. The van der Waals surface area contributed by atoms with Crippen LogP contribution in [0.4, 0.5) is 0 Å². The van der Waals surface area contributed by atoms with Crippen LogP contribution < -0.4 is 0 Å². The monoisotopic (exact) mass is 192 g/mol. The Balaban J connectivity index is 2.42. The minimum absolute atomic E-state index is 0.0742. The first-order valence-corrected chi connectivity index (χ1v) is 4.09. The van der Waals surface area contributed by atoms with E-state index >= 15 is 0 Å². The number of aliphatic carboxylic acids is 1. The maximum atomic E-state index is 11.5. The highest BCUT2D eigenvalue weighted by Gasteiger charge is 2.29. The second-order valence-electron chi connectivity index (χ2n) is 3.14. The number of carbonyl (C=O) groups is 2. The lowest BCUT2D eigenvalue weighted by atomic mass is 10.1. The fourth-order valence-corrected chi connectivity index (χ4v) is 1.37. The predicted molar refractivity (Wildman–Crippen MR) is 48.9 cm³/mol. The average Bonchev–Trinajstić information content (AvgIpc) is 2.56. The van der Waals surface area contributed by atoms with Gasteiger partial charge in [0.1, 0.15) is 11.4 Å². The molecule has 5 nitrogen and oxygen atoms in total. The number of rotatable bonds is 1. The molecule has 2 heterocycles. The smallest absolute Gasteiger partial charge is 0.354 e. The Morgan fingerprint density at radius 1 is 1.64 bits per heavy atom. The topological polar surface area (TPSA) is 70.0 Å². The van der Waals surface area contributed by atoms with Crippen molar-refractivity contribution in [2.45, 2.75) is 0 Å². The van der Waals surface area contributed by atoms with Gasteiger partial charge in [-0.3, -0.25) is 4.79 Å². The summed E-state index contributed by atoms with van der Waals surface area (Å²) in [6.45, 7) is 0.497. The number of likely N-dealkylation sites (N-methyl/N-ethyl adjacent to an activating group) is 1. The number of carboxylic acids is 1. The highest BCUT2D eigenvalue weighted by Crippen LogP contribution is 2.20. The first-order chi connectivity index (χ1) is 6.59. The number of amides is 1. The molecule has 72 valence electrons. The molecular formula is C9H8N2O3. The van der Waals surface area contributed by atoms with E-state index in [4.69, 9.17) is 5.11 Å². The van der Waals surface area contributed by atoms with Gasteiger partial charge in [0.05, 0.1) is 0 Å². The van der Waals surface area contributed by atoms with Gasteiger partial charge in [-0.1, -0.05) is 6.08 Å². The molecule has 0 atom stereocenters. The molecule has 0 unspecified atom stereocenters. The Kier molecular flexibility index (Phi) is 1.73. The van der Waals surface area contributed by atoms with Crippen LogP contribution >= 0.6 is 0 Å². The summed E-state index contributed by atoms with van der Waals surface area (Å²) in [6.07, 6.45) is 3.21. The summed E-state index contributed by atoms with van der Waals surface area (Å²) in [4.78, 5) is 27.4. The third-order valence-corrected chi connectivity index (χ3v) is 2.15. The summed E-state index contributed by atoms with van der Waals surface area (Å²) in [5.41, 5.74) is 0.775. The van der Waals surface area contributed by atoms with Gasteiger partial charge in [-0.15, -0.1) is 0 Å². The predicted octanol–water partition coefficient (Wildman–Crippen LogP) is -0.192. The van der Waals surface area contributed by atoms with Gasteiger partial charge in [-0.25, -0.2) is 9.79 Å². The van der Waals surface area contributed by atoms with E-state index in [-0.39, 0.29) is 17.3 Å². The number of fused-ring (bicyclic) bond motifs is 1. The van der Waals surface area contributed by atoms with Gasteiger partial charge in [0.15, 0.2) is 0 Å². The van der Waals surface area contributed by atoms with E-state index in [1.54, 1.807) is 13.1 Å². The number of hydrogen-bond acceptors (Lipinski definition) is 3. The summed E-state index contributed by atoms with van der Waals surface area (Å²) in [5, 5.41) is 8.68. The van der Waals surface area contributed by atoms with Gasteiger partial charge < -0.3 is 10.0 Å². The molecule has 2 aliphatic rings. The molecular weight excluding hydrogens is 184 g/mol. The molecule has 0 saturated heterocycles. The number of allylic oxidation sites excluding steroid dienone is 1. The van der Waals surface area contributed by atoms with Crippen molar-refractivity contribution >= 4 is 17.6 Å². The van der Waals surface area contributed by atoms with Gasteiger partial charge in [0.25, 0.3) is 5.91 Å². The van der Waals surface area contributed by atoms with Crippen LogP contribution in [0.15, 0.2) is 28.4 Å². The van der Waals surface area contributed by atoms with E-state index < -0.39 is 5.97 Å². The van der Waals surface area contributed by atoms with Crippen LogP contribution in [0.5, 0.6) is 0 Å². The van der Waals surface area contributed by atoms with Crippen molar-refractivity contribution in [2.75, 3.05) is 13.6 Å². The Morgan fingerprint density at radius 2 is 2.36 bits per heavy atom. The van der Waals surface area contributed by atoms with Gasteiger partial charge in [-0.2, -0.15) is 0 Å². The van der Waals surface area contributed by atoms with Crippen molar-refractivity contribution in [1.82, 2.24) is 4.90 Å². The summed E-state index contributed by atoms with van der Waals surface area (Å²) in [7, 11) is 1.65. The second kappa shape index (κ2) is 2.80. The van der Waals surface area contributed by atoms with Crippen molar-refractivity contribution < 1.29 is 14.7 Å². The zero-order valence-corrected chi connectivity index (χ0v) is 7.52. The molecule has 0 fully saturated rings. The third kappa shape index (κ3) is 1.14. The first-order valence-electron chi connectivity index (χ1n) is 4.09. The molecule has 0 aliphatic carbocycles. The maximum absolute atomic E-state index is 11.5. The molecule has 1 N–H and O–H groups in total. The van der Waals surface area contributed by atoms with E-state index in [1.165, 1.54) is 11.0 Å². The molecule has 14 heavy (non-hydrogen) atoms. The molecule has 1 amide bonds. The number of aliphatic imine (C=N–C) groups is 1. The van der Waals surface area contributed by atoms with Crippen molar-refractivity contribution in [2.24, 2.45) is 4.99 Å². The zero-order valence-electron chi connectivity index (χ0n) is 7.52. The Morgan fingerprint density at radius 3 is 3.00 bits per heavy atom. The van der Waals surface area contributed by atoms with Crippen LogP contribution in [0.1, 0.15) is 0 Å². The maximum Gasteiger partial charge on any atom is 0.354 e.